The van der Waals surface area contributed by atoms with Gasteiger partial charge < -0.3 is 19.1 Å². The van der Waals surface area contributed by atoms with E-state index in [1.165, 1.54) is 17.0 Å². The number of likely N-dealkylation sites (N-methyl/N-ethyl adjacent to an activating group) is 1. The van der Waals surface area contributed by atoms with Crippen molar-refractivity contribution in [2.45, 2.75) is 19.4 Å². The number of benzene rings is 2. The minimum atomic E-state index is -0.282. The molecular weight excluding hydrogens is 410 g/mol. The Labute approximate surface area is 188 Å². The van der Waals surface area contributed by atoms with E-state index in [2.05, 4.69) is 5.10 Å². The summed E-state index contributed by atoms with van der Waals surface area (Å²) in [5.41, 5.74) is 3.63. The van der Waals surface area contributed by atoms with Gasteiger partial charge in [0.25, 0.3) is 5.91 Å². The van der Waals surface area contributed by atoms with Crippen LogP contribution in [0.25, 0.3) is 0 Å². The van der Waals surface area contributed by atoms with E-state index in [1.54, 1.807) is 27.3 Å². The summed E-state index contributed by atoms with van der Waals surface area (Å²) < 4.78 is 15.7. The molecule has 1 heterocycles. The number of hydrazone groups is 1. The van der Waals surface area contributed by atoms with Crippen molar-refractivity contribution >= 4 is 17.5 Å². The maximum atomic E-state index is 13.2. The van der Waals surface area contributed by atoms with Gasteiger partial charge in [0.2, 0.25) is 5.91 Å². The Morgan fingerprint density at radius 3 is 2.44 bits per heavy atom. The first-order valence-corrected chi connectivity index (χ1v) is 10.3. The van der Waals surface area contributed by atoms with Crippen LogP contribution < -0.4 is 9.47 Å². The lowest BCUT2D eigenvalue weighted by Crippen LogP contribution is -2.40. The van der Waals surface area contributed by atoms with Gasteiger partial charge in [0.05, 0.1) is 26.0 Å². The molecule has 0 spiro atoms. The van der Waals surface area contributed by atoms with Crippen molar-refractivity contribution in [3.05, 3.63) is 59.2 Å². The summed E-state index contributed by atoms with van der Waals surface area (Å²) in [7, 11) is 6.20. The van der Waals surface area contributed by atoms with Crippen molar-refractivity contribution in [1.82, 2.24) is 9.91 Å². The van der Waals surface area contributed by atoms with Crippen LogP contribution in [0.1, 0.15) is 29.2 Å². The maximum Gasteiger partial charge on any atom is 0.262 e. The highest BCUT2D eigenvalue weighted by atomic mass is 16.5. The molecule has 2 aromatic rings. The standard InChI is InChI=1S/C24H29N3O5/c1-16-6-8-17(9-7-16)21-13-20(19-11-10-18(31-4)12-22(19)32-5)25-27(21)23(28)14-26(2)24(29)15-30-3/h6-12,21H,13-15H2,1-5H3/t21-/m1/s1. The molecule has 0 radical (unpaired) electrons. The Morgan fingerprint density at radius 2 is 1.81 bits per heavy atom. The first-order valence-electron chi connectivity index (χ1n) is 10.3. The van der Waals surface area contributed by atoms with Gasteiger partial charge in [-0.1, -0.05) is 29.8 Å². The molecule has 0 unspecified atom stereocenters. The van der Waals surface area contributed by atoms with E-state index < -0.39 is 0 Å². The number of carbonyl (C=O) groups is 2. The topological polar surface area (TPSA) is 80.7 Å². The number of rotatable bonds is 8. The molecule has 0 fully saturated rings. The maximum absolute atomic E-state index is 13.2. The fraction of sp³-hybridized carbons (Fsp3) is 0.375. The zero-order chi connectivity index (χ0) is 23.3. The van der Waals surface area contributed by atoms with Crippen LogP contribution in [0.4, 0.5) is 0 Å². The predicted octanol–water partition coefficient (Wildman–Crippen LogP) is 2.79. The predicted molar refractivity (Wildman–Crippen MR) is 121 cm³/mol. The number of hydrogen-bond acceptors (Lipinski definition) is 6. The first-order chi connectivity index (χ1) is 15.4. The van der Waals surface area contributed by atoms with Gasteiger partial charge in [-0.15, -0.1) is 0 Å². The average Bonchev–Trinajstić information content (AvgIpc) is 3.24. The number of methoxy groups -OCH3 is 3. The van der Waals surface area contributed by atoms with Crippen molar-refractivity contribution in [2.24, 2.45) is 5.10 Å². The van der Waals surface area contributed by atoms with Crippen molar-refractivity contribution in [2.75, 3.05) is 41.5 Å². The molecule has 0 bridgehead atoms. The molecule has 2 aromatic carbocycles. The highest BCUT2D eigenvalue weighted by molar-refractivity contribution is 6.05. The van der Waals surface area contributed by atoms with Crippen LogP contribution in [0.2, 0.25) is 0 Å². The van der Waals surface area contributed by atoms with Crippen LogP contribution >= 0.6 is 0 Å². The molecule has 3 rings (SSSR count). The molecule has 1 atom stereocenters. The third-order valence-electron chi connectivity index (χ3n) is 5.41. The normalized spacial score (nSPS) is 15.3. The molecule has 0 saturated heterocycles. The summed E-state index contributed by atoms with van der Waals surface area (Å²) in [6, 6.07) is 13.3. The van der Waals surface area contributed by atoms with Gasteiger partial charge in [-0.3, -0.25) is 9.59 Å². The Balaban J connectivity index is 1.94. The fourth-order valence-corrected chi connectivity index (χ4v) is 3.59. The number of amides is 2. The van der Waals surface area contributed by atoms with Gasteiger partial charge in [0.1, 0.15) is 24.7 Å². The molecular formula is C24H29N3O5. The summed E-state index contributed by atoms with van der Waals surface area (Å²) in [4.78, 5) is 26.6. The average molecular weight is 440 g/mol. The van der Waals surface area contributed by atoms with Crippen molar-refractivity contribution in [3.8, 4) is 11.5 Å². The number of hydrogen-bond donors (Lipinski definition) is 0. The zero-order valence-corrected chi connectivity index (χ0v) is 19.1. The second-order valence-corrected chi connectivity index (χ2v) is 7.66. The summed E-state index contributed by atoms with van der Waals surface area (Å²) in [6.45, 7) is 1.84. The van der Waals surface area contributed by atoms with Crippen LogP contribution in [0.5, 0.6) is 11.5 Å². The molecule has 1 aliphatic rings. The lowest BCUT2D eigenvalue weighted by atomic mass is 9.97. The number of aryl methyl sites for hydroxylation is 1. The molecule has 0 saturated carbocycles. The number of ether oxygens (including phenoxy) is 3. The second-order valence-electron chi connectivity index (χ2n) is 7.66. The van der Waals surface area contributed by atoms with E-state index in [9.17, 15) is 9.59 Å². The molecule has 32 heavy (non-hydrogen) atoms. The monoisotopic (exact) mass is 439 g/mol. The lowest BCUT2D eigenvalue weighted by molar-refractivity contribution is -0.142. The minimum absolute atomic E-state index is 0.0806. The molecule has 8 heteroatoms. The molecule has 0 aliphatic carbocycles. The molecule has 2 amide bonds. The summed E-state index contributed by atoms with van der Waals surface area (Å²) in [5, 5.41) is 6.14. The van der Waals surface area contributed by atoms with Gasteiger partial charge in [-0.05, 0) is 24.6 Å². The third-order valence-corrected chi connectivity index (χ3v) is 5.41. The highest BCUT2D eigenvalue weighted by Gasteiger charge is 2.34. The first kappa shape index (κ1) is 23.3. The molecule has 170 valence electrons. The van der Waals surface area contributed by atoms with E-state index in [1.807, 2.05) is 43.3 Å². The fourth-order valence-electron chi connectivity index (χ4n) is 3.59. The molecule has 0 N–H and O–H groups in total. The number of nitrogens with zero attached hydrogens (tertiary/aromatic N) is 3. The van der Waals surface area contributed by atoms with E-state index in [-0.39, 0.29) is 31.0 Å². The van der Waals surface area contributed by atoms with Crippen LogP contribution in [0.3, 0.4) is 0 Å². The summed E-state index contributed by atoms with van der Waals surface area (Å²) in [5.74, 6) is 0.746. The van der Waals surface area contributed by atoms with Gasteiger partial charge >= 0.3 is 0 Å². The van der Waals surface area contributed by atoms with Crippen molar-refractivity contribution in [1.29, 1.82) is 0 Å². The van der Waals surface area contributed by atoms with Gasteiger partial charge in [-0.25, -0.2) is 5.01 Å². The summed E-state index contributed by atoms with van der Waals surface area (Å²) in [6.07, 6.45) is 0.521. The van der Waals surface area contributed by atoms with E-state index in [4.69, 9.17) is 14.2 Å². The Morgan fingerprint density at radius 1 is 1.09 bits per heavy atom. The third kappa shape index (κ3) is 5.08. The quantitative estimate of drug-likeness (QED) is 0.632. The lowest BCUT2D eigenvalue weighted by Gasteiger charge is -2.25. The Kier molecular flexibility index (Phi) is 7.48. The number of carbonyl (C=O) groups excluding carboxylic acids is 2. The Hall–Kier alpha value is -3.39. The van der Waals surface area contributed by atoms with Gasteiger partial charge in [0.15, 0.2) is 0 Å². The molecule has 0 aromatic heterocycles. The second kappa shape index (κ2) is 10.3. The van der Waals surface area contributed by atoms with Gasteiger partial charge in [0, 0.05) is 32.2 Å². The SMILES string of the molecule is COCC(=O)N(C)CC(=O)N1N=C(c2ccc(OC)cc2OC)C[C@@H]1c1ccc(C)cc1. The molecule has 1 aliphatic heterocycles. The van der Waals surface area contributed by atoms with Crippen LogP contribution in [-0.2, 0) is 14.3 Å². The van der Waals surface area contributed by atoms with Crippen LogP contribution in [0, 0.1) is 6.92 Å². The van der Waals surface area contributed by atoms with Crippen LogP contribution in [-0.4, -0.2) is 69.0 Å². The van der Waals surface area contributed by atoms with E-state index in [0.29, 0.717) is 17.9 Å². The van der Waals surface area contributed by atoms with Crippen LogP contribution in [0.15, 0.2) is 47.6 Å². The zero-order valence-electron chi connectivity index (χ0n) is 19.1. The van der Waals surface area contributed by atoms with E-state index >= 15 is 0 Å². The summed E-state index contributed by atoms with van der Waals surface area (Å²) >= 11 is 0. The molecule has 8 nitrogen and oxygen atoms in total. The largest absolute Gasteiger partial charge is 0.497 e. The van der Waals surface area contributed by atoms with Crippen molar-refractivity contribution < 1.29 is 23.8 Å². The minimum Gasteiger partial charge on any atom is -0.497 e. The highest BCUT2D eigenvalue weighted by Crippen LogP contribution is 2.36. The van der Waals surface area contributed by atoms with Crippen molar-refractivity contribution in [3.63, 3.8) is 0 Å². The van der Waals surface area contributed by atoms with Gasteiger partial charge in [-0.2, -0.15) is 5.10 Å². The van der Waals surface area contributed by atoms with E-state index in [0.717, 1.165) is 22.4 Å². The smallest absolute Gasteiger partial charge is 0.262 e. The Bertz CT molecular complexity index is 1000.